The minimum Gasteiger partial charge on any atom is -0.287 e. The fraction of sp³-hybridized carbons (Fsp3) is 0.700. The second-order valence-electron chi connectivity index (χ2n) is 2.77. The fourth-order valence-electron chi connectivity index (χ4n) is 0.892. The number of hydrogen-bond acceptors (Lipinski definition) is 2. The fourth-order valence-corrected chi connectivity index (χ4v) is 1.70. The summed E-state index contributed by atoms with van der Waals surface area (Å²) >= 11 is 1.44. The smallest absolute Gasteiger partial charge is 0.192 e. The minimum absolute atomic E-state index is 0.251. The summed E-state index contributed by atoms with van der Waals surface area (Å²) in [5.74, 6) is 0.979. The standard InChI is InChI=1S/C10H18OS/c1-3-5-6-7-9-12-10(11)8-4-2/h4H,2-3,5-9H2,1H3. The normalized spacial score (nSPS) is 9.75. The summed E-state index contributed by atoms with van der Waals surface area (Å²) in [6.07, 6.45) is 7.15. The molecule has 2 heteroatoms. The van der Waals surface area contributed by atoms with Crippen LogP contribution in [0.15, 0.2) is 12.7 Å². The highest BCUT2D eigenvalue weighted by Crippen LogP contribution is 2.10. The Morgan fingerprint density at radius 1 is 1.42 bits per heavy atom. The van der Waals surface area contributed by atoms with Gasteiger partial charge in [-0.25, -0.2) is 0 Å². The zero-order chi connectivity index (χ0) is 9.23. The molecule has 0 aromatic carbocycles. The Morgan fingerprint density at radius 3 is 2.75 bits per heavy atom. The van der Waals surface area contributed by atoms with Gasteiger partial charge in [-0.05, 0) is 6.42 Å². The van der Waals surface area contributed by atoms with Crippen LogP contribution in [0.25, 0.3) is 0 Å². The molecule has 0 aliphatic carbocycles. The van der Waals surface area contributed by atoms with Gasteiger partial charge < -0.3 is 0 Å². The molecule has 12 heavy (non-hydrogen) atoms. The van der Waals surface area contributed by atoms with Crippen LogP contribution in [0.1, 0.15) is 39.0 Å². The molecule has 70 valence electrons. The molecule has 0 saturated heterocycles. The Morgan fingerprint density at radius 2 is 2.17 bits per heavy atom. The van der Waals surface area contributed by atoms with Gasteiger partial charge >= 0.3 is 0 Å². The lowest BCUT2D eigenvalue weighted by Gasteiger charge is -1.97. The summed E-state index contributed by atoms with van der Waals surface area (Å²) < 4.78 is 0. The molecule has 0 saturated carbocycles. The predicted octanol–water partition coefficient (Wildman–Crippen LogP) is 3.40. The summed E-state index contributed by atoms with van der Waals surface area (Å²) in [4.78, 5) is 11.0. The third-order valence-electron chi connectivity index (χ3n) is 1.57. The van der Waals surface area contributed by atoms with E-state index in [1.54, 1.807) is 6.08 Å². The molecule has 0 aromatic rings. The van der Waals surface area contributed by atoms with Crippen LogP contribution in [0.2, 0.25) is 0 Å². The van der Waals surface area contributed by atoms with Crippen molar-refractivity contribution >= 4 is 16.9 Å². The number of unbranched alkanes of at least 4 members (excludes halogenated alkanes) is 3. The highest BCUT2D eigenvalue weighted by Gasteiger charge is 1.98. The summed E-state index contributed by atoms with van der Waals surface area (Å²) in [7, 11) is 0. The van der Waals surface area contributed by atoms with Crippen LogP contribution >= 0.6 is 11.8 Å². The van der Waals surface area contributed by atoms with Crippen molar-refractivity contribution in [1.29, 1.82) is 0 Å². The van der Waals surface area contributed by atoms with Gasteiger partial charge in [0, 0.05) is 12.2 Å². The Labute approximate surface area is 79.6 Å². The first-order valence-corrected chi connectivity index (χ1v) is 5.56. The Bertz CT molecular complexity index is 132. The maximum absolute atomic E-state index is 11.0. The summed E-state index contributed by atoms with van der Waals surface area (Å²) in [6.45, 7) is 5.71. The topological polar surface area (TPSA) is 17.1 Å². The van der Waals surface area contributed by atoms with E-state index < -0.39 is 0 Å². The molecule has 0 aliphatic heterocycles. The van der Waals surface area contributed by atoms with Gasteiger partial charge in [-0.1, -0.05) is 44.0 Å². The lowest BCUT2D eigenvalue weighted by Crippen LogP contribution is -1.90. The van der Waals surface area contributed by atoms with E-state index in [2.05, 4.69) is 13.5 Å². The van der Waals surface area contributed by atoms with Crippen LogP contribution in [0, 0.1) is 0 Å². The third-order valence-corrected chi connectivity index (χ3v) is 2.55. The highest BCUT2D eigenvalue weighted by molar-refractivity contribution is 8.13. The Hall–Kier alpha value is -0.240. The van der Waals surface area contributed by atoms with Crippen molar-refractivity contribution in [2.45, 2.75) is 39.0 Å². The van der Waals surface area contributed by atoms with Crippen LogP contribution in [-0.2, 0) is 4.79 Å². The van der Waals surface area contributed by atoms with Crippen molar-refractivity contribution in [2.24, 2.45) is 0 Å². The Balaban J connectivity index is 3.08. The third kappa shape index (κ3) is 7.86. The molecule has 0 aromatic heterocycles. The molecule has 0 rings (SSSR count). The number of carbonyl (C=O) groups is 1. The van der Waals surface area contributed by atoms with Crippen molar-refractivity contribution in [3.63, 3.8) is 0 Å². The summed E-state index contributed by atoms with van der Waals surface area (Å²) in [5, 5.41) is 0.251. The van der Waals surface area contributed by atoms with Gasteiger partial charge in [0.25, 0.3) is 0 Å². The molecule has 0 unspecified atom stereocenters. The van der Waals surface area contributed by atoms with Gasteiger partial charge in [0.05, 0.1) is 0 Å². The second kappa shape index (κ2) is 8.85. The van der Waals surface area contributed by atoms with Crippen molar-refractivity contribution in [3.8, 4) is 0 Å². The maximum atomic E-state index is 11.0. The summed E-state index contributed by atoms with van der Waals surface area (Å²) in [5.41, 5.74) is 0. The predicted molar refractivity (Wildman–Crippen MR) is 56.4 cm³/mol. The van der Waals surface area contributed by atoms with E-state index in [1.165, 1.54) is 37.4 Å². The molecule has 0 spiro atoms. The first-order chi connectivity index (χ1) is 5.81. The van der Waals surface area contributed by atoms with Gasteiger partial charge in [0.1, 0.15) is 0 Å². The average Bonchev–Trinajstić information content (AvgIpc) is 2.05. The Kier molecular flexibility index (Phi) is 8.68. The lowest BCUT2D eigenvalue weighted by molar-refractivity contribution is -0.110. The number of carbonyl (C=O) groups excluding carboxylic acids is 1. The monoisotopic (exact) mass is 186 g/mol. The maximum Gasteiger partial charge on any atom is 0.192 e. The van der Waals surface area contributed by atoms with Crippen LogP contribution in [0.4, 0.5) is 0 Å². The lowest BCUT2D eigenvalue weighted by atomic mass is 10.2. The number of hydrogen-bond donors (Lipinski definition) is 0. The zero-order valence-corrected chi connectivity index (χ0v) is 8.66. The minimum atomic E-state index is 0.251. The molecule has 0 fully saturated rings. The molecule has 0 atom stereocenters. The van der Waals surface area contributed by atoms with Crippen molar-refractivity contribution in [1.82, 2.24) is 0 Å². The van der Waals surface area contributed by atoms with Crippen LogP contribution < -0.4 is 0 Å². The van der Waals surface area contributed by atoms with E-state index in [9.17, 15) is 4.79 Å². The van der Waals surface area contributed by atoms with E-state index in [0.717, 1.165) is 5.75 Å². The van der Waals surface area contributed by atoms with E-state index in [0.29, 0.717) is 6.42 Å². The number of thioether (sulfide) groups is 1. The molecule has 0 radical (unpaired) electrons. The quantitative estimate of drug-likeness (QED) is 0.448. The van der Waals surface area contributed by atoms with Crippen LogP contribution in [-0.4, -0.2) is 10.9 Å². The molecule has 0 N–H and O–H groups in total. The number of rotatable bonds is 7. The second-order valence-corrected chi connectivity index (χ2v) is 3.93. The molecule has 0 amide bonds. The van der Waals surface area contributed by atoms with Crippen LogP contribution in [0.3, 0.4) is 0 Å². The van der Waals surface area contributed by atoms with Gasteiger partial charge in [0.15, 0.2) is 5.12 Å². The molecular formula is C10H18OS. The molecule has 0 heterocycles. The zero-order valence-electron chi connectivity index (χ0n) is 7.84. The molecular weight excluding hydrogens is 168 g/mol. The van der Waals surface area contributed by atoms with Gasteiger partial charge in [0.2, 0.25) is 0 Å². The highest BCUT2D eigenvalue weighted by atomic mass is 32.2. The summed E-state index contributed by atoms with van der Waals surface area (Å²) in [6, 6.07) is 0. The number of allylic oxidation sites excluding steroid dienone is 1. The van der Waals surface area contributed by atoms with Gasteiger partial charge in [-0.15, -0.1) is 6.58 Å². The molecule has 1 nitrogen and oxygen atoms in total. The largest absolute Gasteiger partial charge is 0.287 e. The van der Waals surface area contributed by atoms with Gasteiger partial charge in [-0.2, -0.15) is 0 Å². The van der Waals surface area contributed by atoms with Crippen LogP contribution in [0.5, 0.6) is 0 Å². The SMILES string of the molecule is C=CCC(=O)SCCCCCC. The first kappa shape index (κ1) is 11.8. The van der Waals surface area contributed by atoms with Gasteiger partial charge in [-0.3, -0.25) is 4.79 Å². The molecule has 0 bridgehead atoms. The van der Waals surface area contributed by atoms with E-state index in [-0.39, 0.29) is 5.12 Å². The van der Waals surface area contributed by atoms with E-state index in [4.69, 9.17) is 0 Å². The van der Waals surface area contributed by atoms with E-state index >= 15 is 0 Å². The van der Waals surface area contributed by atoms with Crippen molar-refractivity contribution in [2.75, 3.05) is 5.75 Å². The van der Waals surface area contributed by atoms with Crippen molar-refractivity contribution < 1.29 is 4.79 Å². The average molecular weight is 186 g/mol. The van der Waals surface area contributed by atoms with Crippen molar-refractivity contribution in [3.05, 3.63) is 12.7 Å². The van der Waals surface area contributed by atoms with E-state index in [1.807, 2.05) is 0 Å². The molecule has 0 aliphatic rings. The first-order valence-electron chi connectivity index (χ1n) is 4.57.